The number of hydrogen-bond donors (Lipinski definition) is 1. The van der Waals surface area contributed by atoms with Gasteiger partial charge in [-0.2, -0.15) is 0 Å². The molecule has 0 amide bonds. The normalized spacial score (nSPS) is 13.5. The van der Waals surface area contributed by atoms with E-state index in [0.29, 0.717) is 11.4 Å². The van der Waals surface area contributed by atoms with Crippen LogP contribution in [-0.4, -0.2) is 10.1 Å². The van der Waals surface area contributed by atoms with Crippen LogP contribution < -0.4 is 0 Å². The van der Waals surface area contributed by atoms with Gasteiger partial charge < -0.3 is 9.52 Å². The SMILES string of the molecule is CC(O)c1ccc2ccoc2n1. The fraction of sp³-hybridized carbons (Fsp3) is 0.222. The molecule has 0 saturated carbocycles. The molecule has 0 radical (unpaired) electrons. The van der Waals surface area contributed by atoms with Crippen LogP contribution in [0.2, 0.25) is 0 Å². The fourth-order valence-electron chi connectivity index (χ4n) is 1.09. The molecule has 0 aliphatic carbocycles. The highest BCUT2D eigenvalue weighted by atomic mass is 16.3. The Hall–Kier alpha value is -1.35. The molecule has 3 nitrogen and oxygen atoms in total. The van der Waals surface area contributed by atoms with Gasteiger partial charge in [-0.25, -0.2) is 4.98 Å². The Balaban J connectivity index is 2.60. The number of aliphatic hydroxyl groups excluding tert-OH is 1. The van der Waals surface area contributed by atoms with E-state index in [-0.39, 0.29) is 0 Å². The van der Waals surface area contributed by atoms with E-state index >= 15 is 0 Å². The lowest BCUT2D eigenvalue weighted by Gasteiger charge is -2.01. The van der Waals surface area contributed by atoms with Crippen molar-refractivity contribution < 1.29 is 9.52 Å². The lowest BCUT2D eigenvalue weighted by molar-refractivity contribution is 0.194. The highest BCUT2D eigenvalue weighted by Gasteiger charge is 2.04. The van der Waals surface area contributed by atoms with Crippen LogP contribution in [0, 0.1) is 0 Å². The van der Waals surface area contributed by atoms with Crippen molar-refractivity contribution >= 4 is 11.1 Å². The molecule has 0 bridgehead atoms. The van der Waals surface area contributed by atoms with Crippen LogP contribution in [0.15, 0.2) is 28.9 Å². The molecule has 0 aromatic carbocycles. The molecule has 1 N–H and O–H groups in total. The summed E-state index contributed by atoms with van der Waals surface area (Å²) in [7, 11) is 0. The van der Waals surface area contributed by atoms with Gasteiger partial charge in [0.2, 0.25) is 5.71 Å². The van der Waals surface area contributed by atoms with Gasteiger partial charge in [-0.1, -0.05) is 0 Å². The minimum atomic E-state index is -0.542. The molecule has 0 spiro atoms. The van der Waals surface area contributed by atoms with Crippen LogP contribution in [-0.2, 0) is 0 Å². The van der Waals surface area contributed by atoms with Gasteiger partial charge in [0.15, 0.2) is 0 Å². The maximum absolute atomic E-state index is 9.22. The van der Waals surface area contributed by atoms with E-state index in [1.54, 1.807) is 19.3 Å². The van der Waals surface area contributed by atoms with Crippen LogP contribution in [0.4, 0.5) is 0 Å². The van der Waals surface area contributed by atoms with Crippen molar-refractivity contribution in [2.45, 2.75) is 13.0 Å². The number of aliphatic hydroxyl groups is 1. The zero-order chi connectivity index (χ0) is 8.55. The number of nitrogens with zero attached hydrogens (tertiary/aromatic N) is 1. The van der Waals surface area contributed by atoms with Gasteiger partial charge in [-0.15, -0.1) is 0 Å². The monoisotopic (exact) mass is 163 g/mol. The molecule has 0 aliphatic rings. The first-order chi connectivity index (χ1) is 5.77. The lowest BCUT2D eigenvalue weighted by atomic mass is 10.2. The maximum Gasteiger partial charge on any atom is 0.226 e. The van der Waals surface area contributed by atoms with Crippen LogP contribution in [0.1, 0.15) is 18.7 Å². The molecule has 2 heterocycles. The first kappa shape index (κ1) is 7.31. The van der Waals surface area contributed by atoms with E-state index in [4.69, 9.17) is 4.42 Å². The summed E-state index contributed by atoms with van der Waals surface area (Å²) in [5.74, 6) is 0. The second-order valence-corrected chi connectivity index (χ2v) is 2.73. The third-order valence-corrected chi connectivity index (χ3v) is 1.77. The smallest absolute Gasteiger partial charge is 0.226 e. The zero-order valence-electron chi connectivity index (χ0n) is 6.69. The first-order valence-corrected chi connectivity index (χ1v) is 3.79. The number of furan rings is 1. The van der Waals surface area contributed by atoms with E-state index in [9.17, 15) is 5.11 Å². The summed E-state index contributed by atoms with van der Waals surface area (Å²) in [6.07, 6.45) is 1.04. The van der Waals surface area contributed by atoms with Crippen molar-refractivity contribution in [3.05, 3.63) is 30.2 Å². The van der Waals surface area contributed by atoms with Crippen molar-refractivity contribution in [2.24, 2.45) is 0 Å². The summed E-state index contributed by atoms with van der Waals surface area (Å²) in [6, 6.07) is 5.52. The van der Waals surface area contributed by atoms with Gasteiger partial charge in [0.1, 0.15) is 0 Å². The molecule has 62 valence electrons. The standard InChI is InChI=1S/C9H9NO2/c1-6(11)8-3-2-7-4-5-12-9(7)10-8/h2-6,11H,1H3. The highest BCUT2D eigenvalue weighted by molar-refractivity contribution is 5.72. The van der Waals surface area contributed by atoms with Crippen molar-refractivity contribution in [1.82, 2.24) is 4.98 Å². The van der Waals surface area contributed by atoms with Crippen LogP contribution in [0.25, 0.3) is 11.1 Å². The van der Waals surface area contributed by atoms with Gasteiger partial charge >= 0.3 is 0 Å². The second kappa shape index (κ2) is 2.60. The number of aromatic nitrogens is 1. The molecule has 0 fully saturated rings. The number of fused-ring (bicyclic) bond motifs is 1. The summed E-state index contributed by atoms with van der Waals surface area (Å²) < 4.78 is 5.09. The van der Waals surface area contributed by atoms with Gasteiger partial charge in [-0.05, 0) is 25.1 Å². The van der Waals surface area contributed by atoms with Crippen LogP contribution in [0.5, 0.6) is 0 Å². The summed E-state index contributed by atoms with van der Waals surface area (Å²) in [5, 5.41) is 10.2. The summed E-state index contributed by atoms with van der Waals surface area (Å²) in [5.41, 5.74) is 1.21. The van der Waals surface area contributed by atoms with Crippen molar-refractivity contribution in [3.63, 3.8) is 0 Å². The first-order valence-electron chi connectivity index (χ1n) is 3.79. The van der Waals surface area contributed by atoms with Crippen molar-refractivity contribution in [1.29, 1.82) is 0 Å². The van der Waals surface area contributed by atoms with Gasteiger partial charge in [0.05, 0.1) is 18.1 Å². The Labute approximate surface area is 69.7 Å². The molecular formula is C9H9NO2. The third kappa shape index (κ3) is 1.08. The summed E-state index contributed by atoms with van der Waals surface area (Å²) in [6.45, 7) is 1.68. The predicted octanol–water partition coefficient (Wildman–Crippen LogP) is 1.88. The second-order valence-electron chi connectivity index (χ2n) is 2.73. The quantitative estimate of drug-likeness (QED) is 0.698. The van der Waals surface area contributed by atoms with Crippen molar-refractivity contribution in [3.8, 4) is 0 Å². The van der Waals surface area contributed by atoms with E-state index in [1.165, 1.54) is 0 Å². The topological polar surface area (TPSA) is 46.3 Å². The molecule has 3 heteroatoms. The van der Waals surface area contributed by atoms with E-state index < -0.39 is 6.10 Å². The third-order valence-electron chi connectivity index (χ3n) is 1.77. The van der Waals surface area contributed by atoms with E-state index in [2.05, 4.69) is 4.98 Å². The Morgan fingerprint density at radius 3 is 3.00 bits per heavy atom. The molecule has 2 aromatic rings. The molecular weight excluding hydrogens is 154 g/mol. The molecule has 12 heavy (non-hydrogen) atoms. The lowest BCUT2D eigenvalue weighted by Crippen LogP contribution is -1.93. The molecule has 0 saturated heterocycles. The fourth-order valence-corrected chi connectivity index (χ4v) is 1.09. The number of hydrogen-bond acceptors (Lipinski definition) is 3. The predicted molar refractivity (Wildman–Crippen MR) is 44.6 cm³/mol. The van der Waals surface area contributed by atoms with Gasteiger partial charge in [0.25, 0.3) is 0 Å². The number of pyridine rings is 1. The summed E-state index contributed by atoms with van der Waals surface area (Å²) >= 11 is 0. The molecule has 0 aliphatic heterocycles. The average molecular weight is 163 g/mol. The Kier molecular flexibility index (Phi) is 1.59. The summed E-state index contributed by atoms with van der Waals surface area (Å²) in [4.78, 5) is 4.12. The largest absolute Gasteiger partial charge is 0.446 e. The van der Waals surface area contributed by atoms with E-state index in [0.717, 1.165) is 5.39 Å². The molecule has 2 rings (SSSR count). The Bertz CT molecular complexity index is 392. The molecule has 2 aromatic heterocycles. The van der Waals surface area contributed by atoms with Crippen LogP contribution >= 0.6 is 0 Å². The van der Waals surface area contributed by atoms with E-state index in [1.807, 2.05) is 12.1 Å². The van der Waals surface area contributed by atoms with Crippen LogP contribution in [0.3, 0.4) is 0 Å². The highest BCUT2D eigenvalue weighted by Crippen LogP contribution is 2.16. The van der Waals surface area contributed by atoms with Gasteiger partial charge in [0, 0.05) is 5.39 Å². The Morgan fingerprint density at radius 1 is 1.42 bits per heavy atom. The minimum absolute atomic E-state index is 0.542. The maximum atomic E-state index is 9.22. The minimum Gasteiger partial charge on any atom is -0.446 e. The average Bonchev–Trinajstić information content (AvgIpc) is 2.49. The molecule has 1 atom stereocenters. The van der Waals surface area contributed by atoms with Gasteiger partial charge in [-0.3, -0.25) is 0 Å². The van der Waals surface area contributed by atoms with Crippen molar-refractivity contribution in [2.75, 3.05) is 0 Å². The Morgan fingerprint density at radius 2 is 2.25 bits per heavy atom. The zero-order valence-corrected chi connectivity index (χ0v) is 6.69. The number of rotatable bonds is 1. The molecule has 1 unspecified atom stereocenters.